The van der Waals surface area contributed by atoms with Crippen LogP contribution >= 0.6 is 15.9 Å². The number of halogens is 1. The first-order valence-corrected chi connectivity index (χ1v) is 10.3. The van der Waals surface area contributed by atoms with Crippen molar-refractivity contribution in [1.29, 1.82) is 0 Å². The van der Waals surface area contributed by atoms with E-state index in [-0.39, 0.29) is 0 Å². The Morgan fingerprint density at radius 3 is 1.83 bits per heavy atom. The summed E-state index contributed by atoms with van der Waals surface area (Å²) in [6, 6.07) is 12.4. The minimum Gasteiger partial charge on any atom is -0.493 e. The number of unbranched alkanes of at least 4 members (excludes halogenated alkanes) is 5. The Morgan fingerprint density at radius 2 is 1.25 bits per heavy atom. The third kappa shape index (κ3) is 6.01. The molecule has 0 aliphatic rings. The molecule has 0 heterocycles. The van der Waals surface area contributed by atoms with Crippen LogP contribution in [0.2, 0.25) is 0 Å². The molecule has 0 saturated heterocycles. The summed E-state index contributed by atoms with van der Waals surface area (Å²) < 4.78 is 11.9. The maximum Gasteiger partial charge on any atom is 0.127 e. The van der Waals surface area contributed by atoms with Gasteiger partial charge in [-0.05, 0) is 31.4 Å². The van der Waals surface area contributed by atoms with Crippen LogP contribution in [0.5, 0.6) is 11.5 Å². The van der Waals surface area contributed by atoms with Gasteiger partial charge in [0, 0.05) is 16.1 Å². The van der Waals surface area contributed by atoms with Gasteiger partial charge in [0.25, 0.3) is 0 Å². The number of benzene rings is 2. The van der Waals surface area contributed by atoms with E-state index in [1.165, 1.54) is 32.1 Å². The first-order valence-electron chi connectivity index (χ1n) is 9.20. The maximum absolute atomic E-state index is 6.04. The third-order valence-electron chi connectivity index (χ3n) is 4.09. The van der Waals surface area contributed by atoms with E-state index >= 15 is 0 Å². The molecule has 0 N–H and O–H groups in total. The van der Waals surface area contributed by atoms with Crippen molar-refractivity contribution in [3.63, 3.8) is 0 Å². The van der Waals surface area contributed by atoms with Crippen molar-refractivity contribution in [1.82, 2.24) is 0 Å². The lowest BCUT2D eigenvalue weighted by Crippen LogP contribution is -2.00. The van der Waals surface area contributed by atoms with Gasteiger partial charge in [-0.2, -0.15) is 0 Å². The molecule has 0 aliphatic carbocycles. The van der Waals surface area contributed by atoms with Crippen LogP contribution in [0.1, 0.15) is 51.9 Å². The zero-order valence-corrected chi connectivity index (χ0v) is 16.3. The normalized spacial score (nSPS) is 10.9. The molecule has 0 spiro atoms. The highest BCUT2D eigenvalue weighted by molar-refractivity contribution is 9.09. The maximum atomic E-state index is 6.04. The van der Waals surface area contributed by atoms with Crippen molar-refractivity contribution in [3.05, 3.63) is 36.4 Å². The smallest absolute Gasteiger partial charge is 0.127 e. The van der Waals surface area contributed by atoms with Gasteiger partial charge < -0.3 is 9.47 Å². The summed E-state index contributed by atoms with van der Waals surface area (Å²) in [7, 11) is 0. The highest BCUT2D eigenvalue weighted by Gasteiger charge is 2.07. The summed E-state index contributed by atoms with van der Waals surface area (Å²) in [5.74, 6) is 1.92. The van der Waals surface area contributed by atoms with E-state index in [4.69, 9.17) is 9.47 Å². The summed E-state index contributed by atoms with van der Waals surface area (Å²) in [5, 5.41) is 3.41. The molecule has 2 aromatic carbocycles. The van der Waals surface area contributed by atoms with Crippen LogP contribution in [0.25, 0.3) is 10.8 Å². The molecule has 2 nitrogen and oxygen atoms in total. The number of hydrogen-bond acceptors (Lipinski definition) is 2. The Bertz CT molecular complexity index is 597. The fraction of sp³-hybridized carbons (Fsp3) is 0.524. The number of hydrogen-bond donors (Lipinski definition) is 0. The minimum atomic E-state index is 0.749. The zero-order chi connectivity index (χ0) is 17.0. The van der Waals surface area contributed by atoms with Gasteiger partial charge >= 0.3 is 0 Å². The average Bonchev–Trinajstić information content (AvgIpc) is 2.63. The zero-order valence-electron chi connectivity index (χ0n) is 14.7. The lowest BCUT2D eigenvalue weighted by molar-refractivity contribution is 0.305. The van der Waals surface area contributed by atoms with Crippen molar-refractivity contribution in [2.24, 2.45) is 0 Å². The monoisotopic (exact) mass is 392 g/mol. The number of rotatable bonds is 12. The van der Waals surface area contributed by atoms with Gasteiger partial charge in [-0.15, -0.1) is 0 Å². The second-order valence-electron chi connectivity index (χ2n) is 6.11. The first-order chi connectivity index (χ1) is 11.9. The van der Waals surface area contributed by atoms with Gasteiger partial charge in [0.1, 0.15) is 11.5 Å². The molecular weight excluding hydrogens is 364 g/mol. The van der Waals surface area contributed by atoms with Gasteiger partial charge in [-0.1, -0.05) is 72.8 Å². The van der Waals surface area contributed by atoms with Crippen molar-refractivity contribution in [3.8, 4) is 11.5 Å². The third-order valence-corrected chi connectivity index (χ3v) is 4.65. The minimum absolute atomic E-state index is 0.749. The molecule has 0 saturated carbocycles. The van der Waals surface area contributed by atoms with Crippen LogP contribution in [0, 0.1) is 0 Å². The fourth-order valence-corrected chi connectivity index (χ4v) is 3.19. The van der Waals surface area contributed by atoms with Crippen LogP contribution in [0.15, 0.2) is 36.4 Å². The van der Waals surface area contributed by atoms with Crippen LogP contribution in [-0.2, 0) is 0 Å². The van der Waals surface area contributed by atoms with Crippen molar-refractivity contribution >= 4 is 26.7 Å². The van der Waals surface area contributed by atoms with Crippen molar-refractivity contribution in [2.75, 3.05) is 18.5 Å². The van der Waals surface area contributed by atoms with Gasteiger partial charge in [0.2, 0.25) is 0 Å². The van der Waals surface area contributed by atoms with Gasteiger partial charge in [-0.3, -0.25) is 0 Å². The number of ether oxygens (including phenoxy) is 2. The van der Waals surface area contributed by atoms with Gasteiger partial charge in [0.15, 0.2) is 0 Å². The van der Waals surface area contributed by atoms with Crippen molar-refractivity contribution < 1.29 is 9.47 Å². The summed E-state index contributed by atoms with van der Waals surface area (Å²) >= 11 is 3.48. The second kappa shape index (κ2) is 11.4. The lowest BCUT2D eigenvalue weighted by atomic mass is 10.1. The topological polar surface area (TPSA) is 18.5 Å². The molecule has 132 valence electrons. The molecule has 0 atom stereocenters. The summed E-state index contributed by atoms with van der Waals surface area (Å²) in [6.45, 7) is 3.66. The van der Waals surface area contributed by atoms with Crippen LogP contribution in [0.4, 0.5) is 0 Å². The molecule has 2 rings (SSSR count). The average molecular weight is 393 g/mol. The van der Waals surface area contributed by atoms with E-state index in [0.717, 1.165) is 53.7 Å². The lowest BCUT2D eigenvalue weighted by Gasteiger charge is -2.13. The Balaban J connectivity index is 1.86. The highest BCUT2D eigenvalue weighted by atomic mass is 79.9. The summed E-state index contributed by atoms with van der Waals surface area (Å²) in [6.07, 6.45) is 8.64. The first kappa shape index (κ1) is 19.1. The molecule has 24 heavy (non-hydrogen) atoms. The Kier molecular flexibility index (Phi) is 9.04. The Morgan fingerprint density at radius 1 is 0.708 bits per heavy atom. The molecule has 2 aromatic rings. The summed E-state index contributed by atoms with van der Waals surface area (Å²) in [5.41, 5.74) is 0. The largest absolute Gasteiger partial charge is 0.493 e. The molecule has 3 heteroatoms. The predicted molar refractivity (Wildman–Crippen MR) is 107 cm³/mol. The van der Waals surface area contributed by atoms with Crippen LogP contribution in [0.3, 0.4) is 0 Å². The molecule has 0 aliphatic heterocycles. The molecule has 0 radical (unpaired) electrons. The second-order valence-corrected chi connectivity index (χ2v) is 6.91. The van der Waals surface area contributed by atoms with E-state index in [2.05, 4.69) is 47.1 Å². The Hall–Kier alpha value is -1.22. The molecule has 0 fully saturated rings. The Labute approximate surface area is 154 Å². The molecule has 0 bridgehead atoms. The highest BCUT2D eigenvalue weighted by Crippen LogP contribution is 2.33. The number of alkyl halides is 1. The van der Waals surface area contributed by atoms with E-state index in [1.54, 1.807) is 0 Å². The van der Waals surface area contributed by atoms with Gasteiger partial charge in [-0.25, -0.2) is 0 Å². The molecule has 0 amide bonds. The van der Waals surface area contributed by atoms with E-state index in [9.17, 15) is 0 Å². The van der Waals surface area contributed by atoms with Gasteiger partial charge in [0.05, 0.1) is 13.2 Å². The standard InChI is InChI=1S/C21H29BrO2/c1-2-16-23-20-13-14-21(19-12-8-7-11-18(19)20)24-17-10-6-4-3-5-9-15-22/h7-8,11-14H,2-6,9-10,15-17H2,1H3. The van der Waals surface area contributed by atoms with Crippen LogP contribution < -0.4 is 9.47 Å². The molecular formula is C21H29BrO2. The molecule has 0 aromatic heterocycles. The SMILES string of the molecule is CCCOc1ccc(OCCCCCCCCBr)c2ccccc12. The quantitative estimate of drug-likeness (QED) is 0.294. The van der Waals surface area contributed by atoms with Crippen LogP contribution in [-0.4, -0.2) is 18.5 Å². The van der Waals surface area contributed by atoms with E-state index < -0.39 is 0 Å². The summed E-state index contributed by atoms with van der Waals surface area (Å²) in [4.78, 5) is 0. The predicted octanol–water partition coefficient (Wildman–Crippen LogP) is 6.74. The fourth-order valence-electron chi connectivity index (χ4n) is 2.79. The number of fused-ring (bicyclic) bond motifs is 1. The van der Waals surface area contributed by atoms with Crippen molar-refractivity contribution in [2.45, 2.75) is 51.9 Å². The van der Waals surface area contributed by atoms with E-state index in [0.29, 0.717) is 0 Å². The van der Waals surface area contributed by atoms with E-state index in [1.807, 2.05) is 12.1 Å². The molecule has 0 unspecified atom stereocenters.